The summed E-state index contributed by atoms with van der Waals surface area (Å²) in [6, 6.07) is 3.57. The van der Waals surface area contributed by atoms with Crippen molar-refractivity contribution < 1.29 is 23.6 Å². The molecule has 2 atom stereocenters. The van der Waals surface area contributed by atoms with Crippen LogP contribution in [0.5, 0.6) is 0 Å². The lowest BCUT2D eigenvalue weighted by molar-refractivity contribution is -0.141. The molecule has 0 aliphatic carbocycles. The van der Waals surface area contributed by atoms with Crippen molar-refractivity contribution in [1.82, 2.24) is 20.4 Å². The minimum atomic E-state index is -0.899. The van der Waals surface area contributed by atoms with E-state index in [0.717, 1.165) is 0 Å². The number of amides is 2. The monoisotopic (exact) mass is 362 g/mol. The third-order valence-electron chi connectivity index (χ3n) is 4.39. The van der Waals surface area contributed by atoms with Gasteiger partial charge in [0, 0.05) is 18.7 Å². The molecule has 3 rings (SSSR count). The molecule has 138 valence electrons. The first kappa shape index (κ1) is 17.8. The fourth-order valence-electron chi connectivity index (χ4n) is 2.80. The zero-order chi connectivity index (χ0) is 18.8. The van der Waals surface area contributed by atoms with Crippen molar-refractivity contribution >= 4 is 12.0 Å². The van der Waals surface area contributed by atoms with Crippen molar-refractivity contribution in [2.75, 3.05) is 13.1 Å². The lowest BCUT2D eigenvalue weighted by atomic mass is 10.1. The predicted molar refractivity (Wildman–Crippen MR) is 88.7 cm³/mol. The summed E-state index contributed by atoms with van der Waals surface area (Å²) in [4.78, 5) is 28.9. The van der Waals surface area contributed by atoms with Crippen LogP contribution in [-0.2, 0) is 4.79 Å². The van der Waals surface area contributed by atoms with Crippen LogP contribution >= 0.6 is 0 Å². The van der Waals surface area contributed by atoms with Gasteiger partial charge in [0.05, 0.1) is 5.92 Å². The summed E-state index contributed by atoms with van der Waals surface area (Å²) in [6.07, 6.45) is 0.436. The molecule has 1 saturated heterocycles. The van der Waals surface area contributed by atoms with Crippen molar-refractivity contribution in [2.45, 2.75) is 26.3 Å². The van der Waals surface area contributed by atoms with Crippen molar-refractivity contribution in [3.8, 4) is 11.4 Å². The average molecular weight is 362 g/mol. The summed E-state index contributed by atoms with van der Waals surface area (Å²) in [5, 5.41) is 15.6. The number of aliphatic carboxylic acids is 1. The highest BCUT2D eigenvalue weighted by molar-refractivity contribution is 5.77. The van der Waals surface area contributed by atoms with Gasteiger partial charge in [-0.15, -0.1) is 0 Å². The highest BCUT2D eigenvalue weighted by Crippen LogP contribution is 2.22. The van der Waals surface area contributed by atoms with Crippen LogP contribution in [0.1, 0.15) is 30.8 Å². The normalized spacial score (nSPS) is 18.0. The Morgan fingerprint density at radius 1 is 1.46 bits per heavy atom. The fourth-order valence-corrected chi connectivity index (χ4v) is 2.80. The molecular weight excluding hydrogens is 343 g/mol. The third kappa shape index (κ3) is 3.66. The molecule has 0 radical (unpaired) electrons. The summed E-state index contributed by atoms with van der Waals surface area (Å²) in [7, 11) is 0. The second-order valence-electron chi connectivity index (χ2n) is 6.36. The maximum Gasteiger partial charge on any atom is 0.318 e. The topological polar surface area (TPSA) is 109 Å². The van der Waals surface area contributed by atoms with Crippen LogP contribution in [-0.4, -0.2) is 45.2 Å². The fraction of sp³-hybridized carbons (Fsp3) is 0.412. The SMILES string of the molecule is Cc1cc(-c2noc(C(C)NC(=O)N3CCC(C(=O)O)C3)n2)ccc1F. The van der Waals surface area contributed by atoms with Crippen LogP contribution in [0.25, 0.3) is 11.4 Å². The maximum atomic E-state index is 13.4. The lowest BCUT2D eigenvalue weighted by Crippen LogP contribution is -2.40. The zero-order valence-electron chi connectivity index (χ0n) is 14.4. The molecule has 9 heteroatoms. The van der Waals surface area contributed by atoms with Crippen molar-refractivity contribution in [1.29, 1.82) is 0 Å². The van der Waals surface area contributed by atoms with E-state index in [2.05, 4.69) is 15.5 Å². The van der Waals surface area contributed by atoms with Gasteiger partial charge in [0.25, 0.3) is 0 Å². The first-order valence-corrected chi connectivity index (χ1v) is 8.23. The number of urea groups is 1. The molecule has 1 aliphatic heterocycles. The van der Waals surface area contributed by atoms with Gasteiger partial charge in [-0.1, -0.05) is 5.16 Å². The molecule has 0 saturated carbocycles. The molecule has 26 heavy (non-hydrogen) atoms. The molecule has 0 spiro atoms. The number of benzene rings is 1. The number of carboxylic acid groups (broad SMARTS) is 1. The Hall–Kier alpha value is -2.97. The number of nitrogens with zero attached hydrogens (tertiary/aromatic N) is 3. The minimum Gasteiger partial charge on any atom is -0.481 e. The van der Waals surface area contributed by atoms with E-state index in [4.69, 9.17) is 9.63 Å². The number of nitrogens with one attached hydrogen (secondary N) is 1. The van der Waals surface area contributed by atoms with Gasteiger partial charge in [0.15, 0.2) is 0 Å². The first-order chi connectivity index (χ1) is 12.3. The molecule has 2 N–H and O–H groups in total. The highest BCUT2D eigenvalue weighted by atomic mass is 19.1. The van der Waals surface area contributed by atoms with Crippen LogP contribution in [0, 0.1) is 18.7 Å². The number of halogens is 1. The summed E-state index contributed by atoms with van der Waals surface area (Å²) in [5.74, 6) is -1.23. The molecule has 0 bridgehead atoms. The standard InChI is InChI=1S/C17H19FN4O4/c1-9-7-11(3-4-13(9)18)14-20-15(26-21-14)10(2)19-17(25)22-6-5-12(8-22)16(23)24/h3-4,7,10,12H,5-6,8H2,1-2H3,(H,19,25)(H,23,24). The largest absolute Gasteiger partial charge is 0.481 e. The molecule has 8 nitrogen and oxygen atoms in total. The Bertz CT molecular complexity index is 838. The molecule has 1 fully saturated rings. The number of carbonyl (C=O) groups is 2. The van der Waals surface area contributed by atoms with Crippen LogP contribution in [0.2, 0.25) is 0 Å². The molecular formula is C17H19FN4O4. The van der Waals surface area contributed by atoms with Gasteiger partial charge in [0.1, 0.15) is 11.9 Å². The van der Waals surface area contributed by atoms with Crippen LogP contribution in [0.15, 0.2) is 22.7 Å². The van der Waals surface area contributed by atoms with Gasteiger partial charge < -0.3 is 19.8 Å². The Balaban J connectivity index is 1.64. The van der Waals surface area contributed by atoms with E-state index in [1.165, 1.54) is 11.0 Å². The number of aromatic nitrogens is 2. The number of rotatable bonds is 4. The van der Waals surface area contributed by atoms with Crippen LogP contribution in [0.4, 0.5) is 9.18 Å². The minimum absolute atomic E-state index is 0.178. The number of carboxylic acids is 1. The lowest BCUT2D eigenvalue weighted by Gasteiger charge is -2.18. The van der Waals surface area contributed by atoms with E-state index in [0.29, 0.717) is 29.9 Å². The number of aryl methyl sites for hydroxylation is 1. The van der Waals surface area contributed by atoms with E-state index in [1.54, 1.807) is 26.0 Å². The first-order valence-electron chi connectivity index (χ1n) is 8.23. The van der Waals surface area contributed by atoms with Gasteiger partial charge in [-0.2, -0.15) is 4.98 Å². The molecule has 1 aliphatic rings. The second-order valence-corrected chi connectivity index (χ2v) is 6.36. The number of hydrogen-bond donors (Lipinski definition) is 2. The van der Waals surface area contributed by atoms with Gasteiger partial charge in [0.2, 0.25) is 11.7 Å². The Labute approximate surface area is 149 Å². The van der Waals surface area contributed by atoms with E-state index >= 15 is 0 Å². The molecule has 2 aromatic rings. The second kappa shape index (κ2) is 7.11. The quantitative estimate of drug-likeness (QED) is 0.864. The van der Waals surface area contributed by atoms with Gasteiger partial charge >= 0.3 is 12.0 Å². The molecule has 1 aromatic carbocycles. The number of hydrogen-bond acceptors (Lipinski definition) is 5. The maximum absolute atomic E-state index is 13.4. The van der Waals surface area contributed by atoms with E-state index in [1.807, 2.05) is 0 Å². The van der Waals surface area contributed by atoms with Gasteiger partial charge in [-0.05, 0) is 44.0 Å². The zero-order valence-corrected chi connectivity index (χ0v) is 14.4. The van der Waals surface area contributed by atoms with Crippen LogP contribution < -0.4 is 5.32 Å². The molecule has 1 aromatic heterocycles. The average Bonchev–Trinajstić information content (AvgIpc) is 3.26. The smallest absolute Gasteiger partial charge is 0.318 e. The van der Waals surface area contributed by atoms with Gasteiger partial charge in [-0.3, -0.25) is 4.79 Å². The summed E-state index contributed by atoms with van der Waals surface area (Å²) < 4.78 is 18.6. The summed E-state index contributed by atoms with van der Waals surface area (Å²) in [6.45, 7) is 3.90. The van der Waals surface area contributed by atoms with Crippen LogP contribution in [0.3, 0.4) is 0 Å². The molecule has 2 amide bonds. The van der Waals surface area contributed by atoms with Crippen molar-refractivity contribution in [3.05, 3.63) is 35.5 Å². The Kier molecular flexibility index (Phi) is 4.88. The number of likely N-dealkylation sites (tertiary alicyclic amines) is 1. The molecule has 2 unspecified atom stereocenters. The van der Waals surface area contributed by atoms with E-state index < -0.39 is 17.9 Å². The van der Waals surface area contributed by atoms with Gasteiger partial charge in [-0.25, -0.2) is 9.18 Å². The van der Waals surface area contributed by atoms with E-state index in [9.17, 15) is 14.0 Å². The predicted octanol–water partition coefficient (Wildman–Crippen LogP) is 2.36. The van der Waals surface area contributed by atoms with Crippen molar-refractivity contribution in [2.24, 2.45) is 5.92 Å². The third-order valence-corrected chi connectivity index (χ3v) is 4.39. The highest BCUT2D eigenvalue weighted by Gasteiger charge is 2.31. The number of carbonyl (C=O) groups excluding carboxylic acids is 1. The van der Waals surface area contributed by atoms with Crippen molar-refractivity contribution in [3.63, 3.8) is 0 Å². The summed E-state index contributed by atoms with van der Waals surface area (Å²) in [5.41, 5.74) is 1.08. The Morgan fingerprint density at radius 3 is 2.88 bits per heavy atom. The molecule has 2 heterocycles. The summed E-state index contributed by atoms with van der Waals surface area (Å²) >= 11 is 0. The van der Waals surface area contributed by atoms with E-state index in [-0.39, 0.29) is 24.3 Å². The Morgan fingerprint density at radius 2 is 2.23 bits per heavy atom.